The number of hydrogen-bond donors (Lipinski definition) is 0. The number of ether oxygens (including phenoxy) is 1. The molecule has 154 valence electrons. The summed E-state index contributed by atoms with van der Waals surface area (Å²) in [5.41, 5.74) is -0.420. The summed E-state index contributed by atoms with van der Waals surface area (Å²) in [5.74, 6) is 0.226. The Morgan fingerprint density at radius 3 is 2.69 bits per heavy atom. The summed E-state index contributed by atoms with van der Waals surface area (Å²) in [7, 11) is 0. The van der Waals surface area contributed by atoms with Crippen molar-refractivity contribution >= 4 is 11.7 Å². The van der Waals surface area contributed by atoms with Crippen LogP contribution in [-0.2, 0) is 22.3 Å². The van der Waals surface area contributed by atoms with E-state index >= 15 is 0 Å². The Labute approximate surface area is 166 Å². The Balaban J connectivity index is 1.53. The van der Waals surface area contributed by atoms with Crippen molar-refractivity contribution < 1.29 is 22.7 Å². The van der Waals surface area contributed by atoms with Gasteiger partial charge in [-0.25, -0.2) is 9.97 Å². The number of likely N-dealkylation sites (tertiary alicyclic amines) is 1. The third-order valence-electron chi connectivity index (χ3n) is 5.33. The second kappa shape index (κ2) is 7.62. The molecule has 1 unspecified atom stereocenters. The summed E-state index contributed by atoms with van der Waals surface area (Å²) < 4.78 is 44.8. The molecule has 0 aliphatic carbocycles. The minimum Gasteiger partial charge on any atom is -0.379 e. The molecule has 2 saturated heterocycles. The number of alkyl halides is 3. The number of hydrogen-bond acceptors (Lipinski definition) is 5. The van der Waals surface area contributed by atoms with E-state index in [1.54, 1.807) is 9.80 Å². The van der Waals surface area contributed by atoms with Crippen LogP contribution in [0.25, 0.3) is 0 Å². The van der Waals surface area contributed by atoms with Gasteiger partial charge in [0.2, 0.25) is 5.91 Å². The first kappa shape index (κ1) is 19.6. The van der Waals surface area contributed by atoms with E-state index in [-0.39, 0.29) is 11.7 Å². The maximum Gasteiger partial charge on any atom is 0.433 e. The van der Waals surface area contributed by atoms with Gasteiger partial charge >= 0.3 is 6.18 Å². The fraction of sp³-hybridized carbons (Fsp3) is 0.450. The third-order valence-corrected chi connectivity index (χ3v) is 5.33. The van der Waals surface area contributed by atoms with Crippen LogP contribution in [0.15, 0.2) is 42.7 Å². The number of carbonyl (C=O) groups excluding carboxylic acids is 1. The molecule has 0 saturated carbocycles. The van der Waals surface area contributed by atoms with Crippen LogP contribution in [-0.4, -0.2) is 53.6 Å². The molecule has 0 bridgehead atoms. The van der Waals surface area contributed by atoms with Gasteiger partial charge in [0.15, 0.2) is 0 Å². The van der Waals surface area contributed by atoms with Crippen LogP contribution >= 0.6 is 0 Å². The minimum atomic E-state index is -4.53. The van der Waals surface area contributed by atoms with Gasteiger partial charge in [0.1, 0.15) is 17.8 Å². The summed E-state index contributed by atoms with van der Waals surface area (Å²) >= 11 is 0. The van der Waals surface area contributed by atoms with Crippen LogP contribution in [0.3, 0.4) is 0 Å². The summed E-state index contributed by atoms with van der Waals surface area (Å²) in [6.45, 7) is 2.56. The number of benzene rings is 1. The predicted molar refractivity (Wildman–Crippen MR) is 99.0 cm³/mol. The standard InChI is InChI=1S/C20H21F3N4O2/c21-20(22,23)16-8-17(25-14-24-16)26-6-7-29-13-19(11-26)9-18(28)27(12-19)10-15-4-2-1-3-5-15/h1-5,8,14H,6-7,9-13H2. The van der Waals surface area contributed by atoms with Crippen molar-refractivity contribution in [3.63, 3.8) is 0 Å². The van der Waals surface area contributed by atoms with Gasteiger partial charge in [0.25, 0.3) is 0 Å². The lowest BCUT2D eigenvalue weighted by Crippen LogP contribution is -2.41. The Kier molecular flexibility index (Phi) is 5.16. The molecular weight excluding hydrogens is 385 g/mol. The van der Waals surface area contributed by atoms with Crippen molar-refractivity contribution in [2.45, 2.75) is 19.1 Å². The molecule has 3 heterocycles. The zero-order valence-corrected chi connectivity index (χ0v) is 15.7. The van der Waals surface area contributed by atoms with Crippen molar-refractivity contribution in [1.82, 2.24) is 14.9 Å². The van der Waals surface area contributed by atoms with Gasteiger partial charge in [-0.3, -0.25) is 4.79 Å². The van der Waals surface area contributed by atoms with Crippen molar-refractivity contribution in [2.24, 2.45) is 5.41 Å². The Morgan fingerprint density at radius 2 is 1.93 bits per heavy atom. The van der Waals surface area contributed by atoms with Crippen molar-refractivity contribution in [1.29, 1.82) is 0 Å². The lowest BCUT2D eigenvalue weighted by Gasteiger charge is -2.32. The number of nitrogens with zero attached hydrogens (tertiary/aromatic N) is 4. The first-order chi connectivity index (χ1) is 13.8. The van der Waals surface area contributed by atoms with Crippen LogP contribution in [0, 0.1) is 5.41 Å². The average Bonchev–Trinajstić information content (AvgIpc) is 2.86. The fourth-order valence-electron chi connectivity index (χ4n) is 4.00. The van der Waals surface area contributed by atoms with Crippen molar-refractivity contribution in [3.8, 4) is 0 Å². The normalized spacial score (nSPS) is 22.9. The number of amides is 1. The van der Waals surface area contributed by atoms with E-state index < -0.39 is 17.3 Å². The molecule has 1 atom stereocenters. The molecule has 2 aliphatic heterocycles. The lowest BCUT2D eigenvalue weighted by molar-refractivity contribution is -0.141. The SMILES string of the molecule is O=C1CC2(COCCN(c3cc(C(F)(F)F)ncn3)C2)CN1Cc1ccccc1. The third kappa shape index (κ3) is 4.34. The smallest absolute Gasteiger partial charge is 0.379 e. The van der Waals surface area contributed by atoms with E-state index in [0.29, 0.717) is 45.8 Å². The van der Waals surface area contributed by atoms with Crippen LogP contribution in [0.4, 0.5) is 19.0 Å². The van der Waals surface area contributed by atoms with Gasteiger partial charge < -0.3 is 14.5 Å². The Bertz CT molecular complexity index is 878. The molecule has 9 heteroatoms. The average molecular weight is 406 g/mol. The summed E-state index contributed by atoms with van der Waals surface area (Å²) in [4.78, 5) is 23.6. The number of aromatic nitrogens is 2. The molecule has 1 aromatic carbocycles. The first-order valence-electron chi connectivity index (χ1n) is 9.38. The molecule has 6 nitrogen and oxygen atoms in total. The highest BCUT2D eigenvalue weighted by Crippen LogP contribution is 2.37. The molecule has 1 spiro atoms. The van der Waals surface area contributed by atoms with Crippen LogP contribution in [0.5, 0.6) is 0 Å². The predicted octanol–water partition coefficient (Wildman–Crippen LogP) is 2.75. The van der Waals surface area contributed by atoms with E-state index in [2.05, 4.69) is 9.97 Å². The highest BCUT2D eigenvalue weighted by atomic mass is 19.4. The molecule has 29 heavy (non-hydrogen) atoms. The molecule has 1 amide bonds. The maximum atomic E-state index is 13.0. The first-order valence-corrected chi connectivity index (χ1v) is 9.38. The highest BCUT2D eigenvalue weighted by molar-refractivity contribution is 5.79. The number of carbonyl (C=O) groups is 1. The largest absolute Gasteiger partial charge is 0.433 e. The topological polar surface area (TPSA) is 58.6 Å². The van der Waals surface area contributed by atoms with Gasteiger partial charge in [0, 0.05) is 44.1 Å². The zero-order valence-electron chi connectivity index (χ0n) is 15.7. The van der Waals surface area contributed by atoms with E-state index in [0.717, 1.165) is 18.0 Å². The monoisotopic (exact) mass is 406 g/mol. The zero-order chi connectivity index (χ0) is 20.5. The quantitative estimate of drug-likeness (QED) is 0.785. The lowest BCUT2D eigenvalue weighted by atomic mass is 9.87. The molecule has 1 aromatic heterocycles. The molecule has 4 rings (SSSR count). The second-order valence-electron chi connectivity index (χ2n) is 7.65. The van der Waals surface area contributed by atoms with E-state index in [1.807, 2.05) is 30.3 Å². The Hall–Kier alpha value is -2.68. The molecule has 2 fully saturated rings. The number of anilines is 1. The Morgan fingerprint density at radius 1 is 1.14 bits per heavy atom. The van der Waals surface area contributed by atoms with Crippen molar-refractivity contribution in [3.05, 3.63) is 54.0 Å². The van der Waals surface area contributed by atoms with E-state index in [4.69, 9.17) is 4.74 Å². The van der Waals surface area contributed by atoms with Crippen molar-refractivity contribution in [2.75, 3.05) is 37.7 Å². The van der Waals surface area contributed by atoms with Gasteiger partial charge in [0.05, 0.1) is 13.2 Å². The van der Waals surface area contributed by atoms with E-state index in [9.17, 15) is 18.0 Å². The van der Waals surface area contributed by atoms with Crippen LogP contribution < -0.4 is 4.90 Å². The molecular formula is C20H21F3N4O2. The van der Waals surface area contributed by atoms with Crippen LogP contribution in [0.2, 0.25) is 0 Å². The molecule has 0 N–H and O–H groups in total. The van der Waals surface area contributed by atoms with Gasteiger partial charge in [-0.05, 0) is 5.56 Å². The minimum absolute atomic E-state index is 0.0259. The molecule has 2 aliphatic rings. The highest BCUT2D eigenvalue weighted by Gasteiger charge is 2.46. The fourth-order valence-corrected chi connectivity index (χ4v) is 4.00. The summed E-state index contributed by atoms with van der Waals surface area (Å²) in [6, 6.07) is 10.7. The molecule has 2 aromatic rings. The number of halogens is 3. The molecule has 0 radical (unpaired) electrons. The van der Waals surface area contributed by atoms with Gasteiger partial charge in [-0.15, -0.1) is 0 Å². The van der Waals surface area contributed by atoms with Crippen LogP contribution in [0.1, 0.15) is 17.7 Å². The summed E-state index contributed by atoms with van der Waals surface area (Å²) in [5, 5.41) is 0. The maximum absolute atomic E-state index is 13.0. The van der Waals surface area contributed by atoms with E-state index in [1.165, 1.54) is 0 Å². The van der Waals surface area contributed by atoms with Gasteiger partial charge in [-0.1, -0.05) is 30.3 Å². The second-order valence-corrected chi connectivity index (χ2v) is 7.65. The summed E-state index contributed by atoms with van der Waals surface area (Å²) in [6.07, 6.45) is -3.31. The van der Waals surface area contributed by atoms with Gasteiger partial charge in [-0.2, -0.15) is 13.2 Å². The number of rotatable bonds is 3.